The molecule has 0 unspecified atom stereocenters. The highest BCUT2D eigenvalue weighted by Crippen LogP contribution is 2.17. The van der Waals surface area contributed by atoms with Crippen LogP contribution < -0.4 is 11.2 Å². The Kier molecular flexibility index (Phi) is 5.05. The molecule has 0 saturated heterocycles. The first-order valence-electron chi connectivity index (χ1n) is 6.51. The lowest BCUT2D eigenvalue weighted by Gasteiger charge is -2.06. The predicted octanol–water partition coefficient (Wildman–Crippen LogP) is 1.23. The molecule has 0 aliphatic carbocycles. The average molecular weight is 287 g/mol. The smallest absolute Gasteiger partial charge is 0.269 e. The van der Waals surface area contributed by atoms with Gasteiger partial charge >= 0.3 is 0 Å². The second kappa shape index (κ2) is 7.20. The van der Waals surface area contributed by atoms with E-state index in [-0.39, 0.29) is 11.5 Å². The Morgan fingerprint density at radius 2 is 2.24 bits per heavy atom. The van der Waals surface area contributed by atoms with Crippen molar-refractivity contribution >= 4 is 18.1 Å². The summed E-state index contributed by atoms with van der Waals surface area (Å²) in [4.78, 5) is 24.7. The monoisotopic (exact) mass is 287 g/mol. The Labute approximate surface area is 122 Å². The molecular weight excluding hydrogens is 270 g/mol. The SMILES string of the molecule is CCON/C=N\c1ncn(Cc2ccccc2)c1C(N)=O. The van der Waals surface area contributed by atoms with E-state index in [0.29, 0.717) is 13.2 Å². The van der Waals surface area contributed by atoms with E-state index in [9.17, 15) is 4.79 Å². The number of hydrogen-bond donors (Lipinski definition) is 2. The van der Waals surface area contributed by atoms with Crippen molar-refractivity contribution in [2.45, 2.75) is 13.5 Å². The summed E-state index contributed by atoms with van der Waals surface area (Å²) in [5, 5.41) is 0. The number of aromatic nitrogens is 2. The highest BCUT2D eigenvalue weighted by Gasteiger charge is 2.15. The van der Waals surface area contributed by atoms with E-state index in [0.717, 1.165) is 5.56 Å². The number of imidazole rings is 1. The van der Waals surface area contributed by atoms with E-state index >= 15 is 0 Å². The molecule has 0 aliphatic rings. The molecule has 0 saturated carbocycles. The fraction of sp³-hybridized carbons (Fsp3) is 0.214. The minimum Gasteiger partial charge on any atom is -0.364 e. The maximum absolute atomic E-state index is 11.6. The first-order valence-corrected chi connectivity index (χ1v) is 6.51. The van der Waals surface area contributed by atoms with Crippen LogP contribution in [0.1, 0.15) is 23.0 Å². The number of carbonyl (C=O) groups is 1. The Morgan fingerprint density at radius 3 is 2.90 bits per heavy atom. The molecule has 0 atom stereocenters. The van der Waals surface area contributed by atoms with Gasteiger partial charge in [0.1, 0.15) is 6.34 Å². The molecule has 2 rings (SSSR count). The number of hydrogen-bond acceptors (Lipinski definition) is 4. The molecule has 1 aromatic carbocycles. The summed E-state index contributed by atoms with van der Waals surface area (Å²) in [5.41, 5.74) is 9.23. The minimum absolute atomic E-state index is 0.255. The van der Waals surface area contributed by atoms with Gasteiger partial charge in [0, 0.05) is 6.54 Å². The van der Waals surface area contributed by atoms with E-state index < -0.39 is 5.91 Å². The van der Waals surface area contributed by atoms with Gasteiger partial charge in [-0.2, -0.15) is 0 Å². The lowest BCUT2D eigenvalue weighted by molar-refractivity contribution is 0.0990. The lowest BCUT2D eigenvalue weighted by Crippen LogP contribution is -2.17. The van der Waals surface area contributed by atoms with Crippen LogP contribution in [0.2, 0.25) is 0 Å². The second-order valence-electron chi connectivity index (χ2n) is 4.20. The maximum Gasteiger partial charge on any atom is 0.269 e. The fourth-order valence-corrected chi connectivity index (χ4v) is 1.83. The van der Waals surface area contributed by atoms with Crippen molar-refractivity contribution in [2.24, 2.45) is 10.7 Å². The van der Waals surface area contributed by atoms with Crippen molar-refractivity contribution in [3.8, 4) is 0 Å². The minimum atomic E-state index is -0.577. The van der Waals surface area contributed by atoms with Crippen LogP contribution in [0.3, 0.4) is 0 Å². The van der Waals surface area contributed by atoms with Crippen molar-refractivity contribution < 1.29 is 9.63 Å². The summed E-state index contributed by atoms with van der Waals surface area (Å²) >= 11 is 0. The predicted molar refractivity (Wildman–Crippen MR) is 79.2 cm³/mol. The molecule has 7 nitrogen and oxygen atoms in total. The van der Waals surface area contributed by atoms with Gasteiger partial charge in [-0.15, -0.1) is 0 Å². The molecule has 0 spiro atoms. The van der Waals surface area contributed by atoms with Gasteiger partial charge in [-0.05, 0) is 12.5 Å². The first kappa shape index (κ1) is 14.7. The molecule has 2 aromatic rings. The summed E-state index contributed by atoms with van der Waals surface area (Å²) in [6.45, 7) is 2.84. The van der Waals surface area contributed by atoms with Gasteiger partial charge < -0.3 is 10.3 Å². The molecule has 1 amide bonds. The number of carbonyl (C=O) groups excluding carboxylic acids is 1. The third-order valence-corrected chi connectivity index (χ3v) is 2.71. The van der Waals surface area contributed by atoms with Crippen molar-refractivity contribution in [3.63, 3.8) is 0 Å². The number of nitrogens with two attached hydrogens (primary N) is 1. The van der Waals surface area contributed by atoms with Crippen molar-refractivity contribution in [1.29, 1.82) is 0 Å². The van der Waals surface area contributed by atoms with Crippen LogP contribution in [0.25, 0.3) is 0 Å². The zero-order valence-corrected chi connectivity index (χ0v) is 11.7. The highest BCUT2D eigenvalue weighted by molar-refractivity contribution is 5.95. The average Bonchev–Trinajstić information content (AvgIpc) is 2.87. The topological polar surface area (TPSA) is 94.5 Å². The molecule has 1 heterocycles. The van der Waals surface area contributed by atoms with Crippen LogP contribution in [0.15, 0.2) is 41.7 Å². The highest BCUT2D eigenvalue weighted by atomic mass is 16.6. The standard InChI is InChI=1S/C14H17N5O2/c1-2-21-18-9-16-14-12(13(15)20)19(10-17-14)8-11-6-4-3-5-7-11/h3-7,9-10H,2,8H2,1H3,(H2,15,20)(H,16,18). The van der Waals surface area contributed by atoms with E-state index in [2.05, 4.69) is 15.5 Å². The fourth-order valence-electron chi connectivity index (χ4n) is 1.83. The number of nitrogens with one attached hydrogen (secondary N) is 1. The Balaban J connectivity index is 2.20. The zero-order chi connectivity index (χ0) is 15.1. The Hall–Kier alpha value is -2.67. The summed E-state index contributed by atoms with van der Waals surface area (Å²) in [5.74, 6) is -0.322. The van der Waals surface area contributed by atoms with Gasteiger partial charge in [-0.1, -0.05) is 30.3 Å². The quantitative estimate of drug-likeness (QED) is 0.346. The number of hydroxylamine groups is 1. The zero-order valence-electron chi connectivity index (χ0n) is 11.7. The molecule has 3 N–H and O–H groups in total. The molecular formula is C14H17N5O2. The summed E-state index contributed by atoms with van der Waals surface area (Å²) in [6, 6.07) is 9.72. The van der Waals surface area contributed by atoms with Gasteiger partial charge in [0.05, 0.1) is 12.9 Å². The van der Waals surface area contributed by atoms with Crippen LogP contribution in [-0.2, 0) is 11.4 Å². The first-order chi connectivity index (χ1) is 10.2. The van der Waals surface area contributed by atoms with E-state index in [4.69, 9.17) is 10.6 Å². The molecule has 0 aliphatic heterocycles. The molecule has 0 radical (unpaired) electrons. The summed E-state index contributed by atoms with van der Waals surface area (Å²) in [7, 11) is 0. The lowest BCUT2D eigenvalue weighted by atomic mass is 10.2. The Bertz CT molecular complexity index is 622. The van der Waals surface area contributed by atoms with Crippen molar-refractivity contribution in [2.75, 3.05) is 6.61 Å². The van der Waals surface area contributed by atoms with Crippen molar-refractivity contribution in [1.82, 2.24) is 15.0 Å². The number of benzene rings is 1. The third kappa shape index (κ3) is 3.90. The maximum atomic E-state index is 11.6. The van der Waals surface area contributed by atoms with Gasteiger partial charge in [-0.3, -0.25) is 15.1 Å². The summed E-state index contributed by atoms with van der Waals surface area (Å²) < 4.78 is 1.67. The Morgan fingerprint density at radius 1 is 1.48 bits per heavy atom. The molecule has 0 fully saturated rings. The second-order valence-corrected chi connectivity index (χ2v) is 4.20. The van der Waals surface area contributed by atoms with Gasteiger partial charge in [0.15, 0.2) is 11.5 Å². The summed E-state index contributed by atoms with van der Waals surface area (Å²) in [6.07, 6.45) is 2.87. The normalized spacial score (nSPS) is 10.9. The molecule has 21 heavy (non-hydrogen) atoms. The van der Waals surface area contributed by atoms with Crippen LogP contribution >= 0.6 is 0 Å². The number of nitrogens with zero attached hydrogens (tertiary/aromatic N) is 3. The van der Waals surface area contributed by atoms with E-state index in [1.807, 2.05) is 37.3 Å². The number of amides is 1. The molecule has 1 aromatic heterocycles. The van der Waals surface area contributed by atoms with Crippen LogP contribution in [0, 0.1) is 0 Å². The van der Waals surface area contributed by atoms with Crippen molar-refractivity contribution in [3.05, 3.63) is 47.9 Å². The van der Waals surface area contributed by atoms with E-state index in [1.165, 1.54) is 6.34 Å². The largest absolute Gasteiger partial charge is 0.364 e. The van der Waals surface area contributed by atoms with Gasteiger partial charge in [0.2, 0.25) is 0 Å². The van der Waals surface area contributed by atoms with Crippen LogP contribution in [0.5, 0.6) is 0 Å². The van der Waals surface area contributed by atoms with Gasteiger partial charge in [-0.25, -0.2) is 9.98 Å². The number of primary amides is 1. The van der Waals surface area contributed by atoms with Crippen LogP contribution in [-0.4, -0.2) is 28.4 Å². The van der Waals surface area contributed by atoms with Gasteiger partial charge in [0.25, 0.3) is 5.91 Å². The third-order valence-electron chi connectivity index (χ3n) is 2.71. The molecule has 110 valence electrons. The number of aliphatic imine (C=N–C) groups is 1. The van der Waals surface area contributed by atoms with E-state index in [1.54, 1.807) is 10.9 Å². The molecule has 0 bridgehead atoms. The molecule has 7 heteroatoms. The van der Waals surface area contributed by atoms with Crippen LogP contribution in [0.4, 0.5) is 5.82 Å². The number of rotatable bonds is 7.